The molecule has 1 fully saturated rings. The normalized spacial score (nSPS) is 21.1. The van der Waals surface area contributed by atoms with Crippen molar-refractivity contribution in [3.63, 3.8) is 0 Å². The summed E-state index contributed by atoms with van der Waals surface area (Å²) in [6.07, 6.45) is -0.227. The minimum atomic E-state index is -1.03. The van der Waals surface area contributed by atoms with Gasteiger partial charge in [0.2, 0.25) is 0 Å². The van der Waals surface area contributed by atoms with Crippen LogP contribution in [0.5, 0.6) is 0 Å². The molecule has 0 aliphatic carbocycles. The maximum absolute atomic E-state index is 14.1. The molecule has 11 nitrogen and oxygen atoms in total. The summed E-state index contributed by atoms with van der Waals surface area (Å²) in [5.41, 5.74) is -1.10. The zero-order valence-corrected chi connectivity index (χ0v) is 19.1. The molecule has 1 saturated heterocycles. The molecule has 2 N–H and O–H groups in total. The molecule has 1 aliphatic heterocycles. The zero-order chi connectivity index (χ0) is 23.7. The van der Waals surface area contributed by atoms with E-state index in [-0.39, 0.29) is 29.6 Å². The maximum Gasteiger partial charge on any atom is 0.413 e. The lowest BCUT2D eigenvalue weighted by atomic mass is 10.0. The third-order valence-electron chi connectivity index (χ3n) is 4.58. The van der Waals surface area contributed by atoms with Gasteiger partial charge in [-0.1, -0.05) is 0 Å². The molecule has 3 rings (SSSR count). The summed E-state index contributed by atoms with van der Waals surface area (Å²) in [4.78, 5) is 35.6. The molecule has 2 aromatic heterocycles. The number of amides is 2. The number of carbonyl (C=O) groups is 2. The minimum absolute atomic E-state index is 0.0390. The number of aromatic nitrogens is 4. The van der Waals surface area contributed by atoms with Crippen LogP contribution in [-0.4, -0.2) is 55.6 Å². The Balaban J connectivity index is 1.75. The number of hydrogen-bond acceptors (Lipinski definition) is 8. The average molecular weight is 452 g/mol. The van der Waals surface area contributed by atoms with E-state index in [2.05, 4.69) is 25.6 Å². The van der Waals surface area contributed by atoms with E-state index in [0.29, 0.717) is 12.8 Å². The highest BCUT2D eigenvalue weighted by molar-refractivity contribution is 5.93. The SMILES string of the molecule is CC(C)NC(=O)OC[C@]1(C)CC[C@H](n2cnc3c(NC(=O)OC(C)(C)C)nc(F)nc32)O1. The lowest BCUT2D eigenvalue weighted by molar-refractivity contribution is -0.0875. The number of carbonyl (C=O) groups excluding carboxylic acids is 2. The van der Waals surface area contributed by atoms with Gasteiger partial charge in [0, 0.05) is 6.04 Å². The molecule has 0 spiro atoms. The predicted molar refractivity (Wildman–Crippen MR) is 113 cm³/mol. The number of rotatable bonds is 5. The van der Waals surface area contributed by atoms with Gasteiger partial charge < -0.3 is 19.5 Å². The average Bonchev–Trinajstić information content (AvgIpc) is 3.22. The third kappa shape index (κ3) is 5.81. The van der Waals surface area contributed by atoms with Crippen LogP contribution in [0.1, 0.15) is 60.6 Å². The highest BCUT2D eigenvalue weighted by Gasteiger charge is 2.39. The summed E-state index contributed by atoms with van der Waals surface area (Å²) in [7, 11) is 0. The van der Waals surface area contributed by atoms with Gasteiger partial charge in [0.05, 0.1) is 6.33 Å². The van der Waals surface area contributed by atoms with E-state index in [1.165, 1.54) is 6.33 Å². The third-order valence-corrected chi connectivity index (χ3v) is 4.58. The van der Waals surface area contributed by atoms with Crippen molar-refractivity contribution >= 4 is 29.2 Å². The number of nitrogens with zero attached hydrogens (tertiary/aromatic N) is 4. The van der Waals surface area contributed by atoms with Crippen molar-refractivity contribution in [1.29, 1.82) is 0 Å². The molecular weight excluding hydrogens is 423 g/mol. The first-order valence-electron chi connectivity index (χ1n) is 10.4. The largest absolute Gasteiger partial charge is 0.446 e. The van der Waals surface area contributed by atoms with Crippen LogP contribution in [0.25, 0.3) is 11.2 Å². The first kappa shape index (κ1) is 23.6. The topological polar surface area (TPSA) is 129 Å². The van der Waals surface area contributed by atoms with E-state index in [1.807, 2.05) is 20.8 Å². The standard InChI is InChI=1S/C20H29FN6O5/c1-11(2)23-17(28)30-9-20(6)8-7-12(31-20)27-10-22-13-14(24-16(21)26-15(13)27)25-18(29)32-19(3,4)5/h10-12H,7-9H2,1-6H3,(H,23,28)(H,24,25,26,29)/t12-,20+/m1/s1. The molecule has 3 heterocycles. The Morgan fingerprint density at radius 2 is 2.06 bits per heavy atom. The van der Waals surface area contributed by atoms with Crippen LogP contribution in [0, 0.1) is 6.08 Å². The van der Waals surface area contributed by atoms with E-state index in [9.17, 15) is 14.0 Å². The Morgan fingerprint density at radius 1 is 1.34 bits per heavy atom. The van der Waals surface area contributed by atoms with Crippen molar-refractivity contribution in [2.45, 2.75) is 77.9 Å². The summed E-state index contributed by atoms with van der Waals surface area (Å²) in [6.45, 7) is 10.7. The van der Waals surface area contributed by atoms with Gasteiger partial charge in [-0.15, -0.1) is 0 Å². The van der Waals surface area contributed by atoms with Gasteiger partial charge in [0.25, 0.3) is 0 Å². The summed E-state index contributed by atoms with van der Waals surface area (Å²) in [5, 5.41) is 5.07. The highest BCUT2D eigenvalue weighted by Crippen LogP contribution is 2.38. The molecule has 32 heavy (non-hydrogen) atoms. The quantitative estimate of drug-likeness (QED) is 0.659. The van der Waals surface area contributed by atoms with Crippen molar-refractivity contribution < 1.29 is 28.2 Å². The molecule has 176 valence electrons. The molecule has 0 aromatic carbocycles. The lowest BCUT2D eigenvalue weighted by Crippen LogP contribution is -2.37. The fourth-order valence-electron chi connectivity index (χ4n) is 3.26. The molecule has 0 unspecified atom stereocenters. The monoisotopic (exact) mass is 452 g/mol. The Morgan fingerprint density at radius 3 is 2.72 bits per heavy atom. The Bertz CT molecular complexity index is 1000. The number of anilines is 1. The second-order valence-corrected chi connectivity index (χ2v) is 9.23. The second-order valence-electron chi connectivity index (χ2n) is 9.23. The summed E-state index contributed by atoms with van der Waals surface area (Å²) >= 11 is 0. The smallest absolute Gasteiger partial charge is 0.413 e. The van der Waals surface area contributed by atoms with E-state index >= 15 is 0 Å². The van der Waals surface area contributed by atoms with Crippen LogP contribution in [-0.2, 0) is 14.2 Å². The molecule has 12 heteroatoms. The van der Waals surface area contributed by atoms with Crippen molar-refractivity contribution in [2.24, 2.45) is 0 Å². The molecule has 2 aromatic rings. The van der Waals surface area contributed by atoms with Crippen LogP contribution >= 0.6 is 0 Å². The number of alkyl carbamates (subject to hydrolysis) is 1. The van der Waals surface area contributed by atoms with Gasteiger partial charge >= 0.3 is 18.3 Å². The minimum Gasteiger partial charge on any atom is -0.446 e. The van der Waals surface area contributed by atoms with Crippen molar-refractivity contribution in [1.82, 2.24) is 24.8 Å². The molecule has 0 bridgehead atoms. The summed E-state index contributed by atoms with van der Waals surface area (Å²) in [5.74, 6) is -0.102. The van der Waals surface area contributed by atoms with E-state index < -0.39 is 35.7 Å². The fraction of sp³-hybridized carbons (Fsp3) is 0.650. The number of ether oxygens (including phenoxy) is 3. The van der Waals surface area contributed by atoms with Crippen LogP contribution in [0.4, 0.5) is 19.8 Å². The van der Waals surface area contributed by atoms with Crippen LogP contribution in [0.2, 0.25) is 0 Å². The fourth-order valence-corrected chi connectivity index (χ4v) is 3.26. The maximum atomic E-state index is 14.1. The van der Waals surface area contributed by atoms with Gasteiger partial charge in [-0.2, -0.15) is 14.4 Å². The first-order valence-corrected chi connectivity index (χ1v) is 10.4. The molecule has 1 aliphatic rings. The van der Waals surface area contributed by atoms with Gasteiger partial charge in [-0.3, -0.25) is 9.88 Å². The molecule has 0 radical (unpaired) electrons. The van der Waals surface area contributed by atoms with E-state index in [0.717, 1.165) is 0 Å². The van der Waals surface area contributed by atoms with Crippen molar-refractivity contribution in [3.8, 4) is 0 Å². The first-order chi connectivity index (χ1) is 14.8. The van der Waals surface area contributed by atoms with Gasteiger partial charge in [0.1, 0.15) is 24.0 Å². The molecule has 2 atom stereocenters. The number of imidazole rings is 1. The Labute approximate surface area is 185 Å². The predicted octanol–water partition coefficient (Wildman–Crippen LogP) is 3.51. The van der Waals surface area contributed by atoms with Crippen LogP contribution < -0.4 is 10.6 Å². The van der Waals surface area contributed by atoms with Crippen molar-refractivity contribution in [2.75, 3.05) is 11.9 Å². The molecular formula is C20H29FN6O5. The Kier molecular flexibility index (Phi) is 6.54. The number of fused-ring (bicyclic) bond motifs is 1. The summed E-state index contributed by atoms with van der Waals surface area (Å²) < 4.78 is 32.3. The zero-order valence-electron chi connectivity index (χ0n) is 19.1. The highest BCUT2D eigenvalue weighted by atomic mass is 19.1. The second kappa shape index (κ2) is 8.85. The van der Waals surface area contributed by atoms with E-state index in [1.54, 1.807) is 25.3 Å². The van der Waals surface area contributed by atoms with Crippen LogP contribution in [0.3, 0.4) is 0 Å². The number of hydrogen-bond donors (Lipinski definition) is 2. The molecule has 0 saturated carbocycles. The summed E-state index contributed by atoms with van der Waals surface area (Å²) in [6, 6.07) is -0.0390. The lowest BCUT2D eigenvalue weighted by Gasteiger charge is -2.25. The van der Waals surface area contributed by atoms with Crippen LogP contribution in [0.15, 0.2) is 6.33 Å². The Hall–Kier alpha value is -3.02. The van der Waals surface area contributed by atoms with Gasteiger partial charge in [-0.05, 0) is 54.4 Å². The molecule has 2 amide bonds. The number of nitrogens with one attached hydrogen (secondary N) is 2. The number of halogens is 1. The van der Waals surface area contributed by atoms with Gasteiger partial charge in [-0.25, -0.2) is 14.6 Å². The van der Waals surface area contributed by atoms with Gasteiger partial charge in [0.15, 0.2) is 17.0 Å². The van der Waals surface area contributed by atoms with Crippen molar-refractivity contribution in [3.05, 3.63) is 12.4 Å². The van der Waals surface area contributed by atoms with E-state index in [4.69, 9.17) is 14.2 Å².